The van der Waals surface area contributed by atoms with E-state index in [9.17, 15) is 9.67 Å². The highest BCUT2D eigenvalue weighted by molar-refractivity contribution is 7.85. The molecule has 26 heavy (non-hydrogen) atoms. The predicted molar refractivity (Wildman–Crippen MR) is 105 cm³/mol. The van der Waals surface area contributed by atoms with Crippen molar-refractivity contribution in [2.45, 2.75) is 6.61 Å². The van der Waals surface area contributed by atoms with Crippen LogP contribution in [0.4, 0.5) is 0 Å². The summed E-state index contributed by atoms with van der Waals surface area (Å²) in [6.45, 7) is -0.0460. The minimum absolute atomic E-state index is 0.0460. The first-order valence-corrected chi connectivity index (χ1v) is 9.92. The van der Waals surface area contributed by atoms with Crippen LogP contribution >= 0.6 is 7.14 Å². The molecule has 0 aliphatic heterocycles. The van der Waals surface area contributed by atoms with E-state index in [4.69, 9.17) is 9.47 Å². The average Bonchev–Trinajstić information content (AvgIpc) is 2.73. The van der Waals surface area contributed by atoms with Gasteiger partial charge < -0.3 is 19.1 Å². The van der Waals surface area contributed by atoms with E-state index >= 15 is 0 Å². The molecule has 0 aliphatic carbocycles. The quantitative estimate of drug-likeness (QED) is 0.680. The second kappa shape index (κ2) is 7.77. The second-order valence-electron chi connectivity index (χ2n) is 5.83. The van der Waals surface area contributed by atoms with Crippen molar-refractivity contribution in [3.63, 3.8) is 0 Å². The van der Waals surface area contributed by atoms with Crippen molar-refractivity contribution in [2.75, 3.05) is 14.2 Å². The highest BCUT2D eigenvalue weighted by atomic mass is 31.2. The molecule has 0 saturated heterocycles. The first-order valence-electron chi connectivity index (χ1n) is 8.21. The first kappa shape index (κ1) is 18.2. The Morgan fingerprint density at radius 2 is 1.04 bits per heavy atom. The Labute approximate surface area is 153 Å². The Morgan fingerprint density at radius 3 is 1.35 bits per heavy atom. The third-order valence-electron chi connectivity index (χ3n) is 4.35. The van der Waals surface area contributed by atoms with Crippen molar-refractivity contribution in [3.8, 4) is 11.5 Å². The summed E-state index contributed by atoms with van der Waals surface area (Å²) >= 11 is 0. The lowest BCUT2D eigenvalue weighted by Gasteiger charge is -2.20. The van der Waals surface area contributed by atoms with E-state index < -0.39 is 7.14 Å². The van der Waals surface area contributed by atoms with Gasteiger partial charge >= 0.3 is 0 Å². The molecule has 0 fully saturated rings. The molecule has 134 valence electrons. The van der Waals surface area contributed by atoms with E-state index in [-0.39, 0.29) is 6.61 Å². The standard InChI is InChI=1S/C21H21O4P/c1-24-17-5-11-20(12-6-17)26(23,19-9-3-16(15-22)4-10-19)21-13-7-18(25-2)8-14-21/h3-14,22H,15H2,1-2H3. The molecule has 0 spiro atoms. The number of aliphatic hydroxyl groups excluding tert-OH is 1. The maximum atomic E-state index is 14.3. The van der Waals surface area contributed by atoms with Gasteiger partial charge in [0.1, 0.15) is 11.5 Å². The van der Waals surface area contributed by atoms with Crippen LogP contribution in [0.25, 0.3) is 0 Å². The lowest BCUT2D eigenvalue weighted by Crippen LogP contribution is -2.25. The molecule has 0 unspecified atom stereocenters. The molecule has 3 aromatic carbocycles. The van der Waals surface area contributed by atoms with Crippen LogP contribution in [0.5, 0.6) is 11.5 Å². The van der Waals surface area contributed by atoms with Crippen molar-refractivity contribution < 1.29 is 19.1 Å². The molecule has 1 N–H and O–H groups in total. The van der Waals surface area contributed by atoms with E-state index in [1.807, 2.05) is 60.7 Å². The Bertz CT molecular complexity index is 778. The van der Waals surface area contributed by atoms with Gasteiger partial charge in [-0.3, -0.25) is 0 Å². The number of hydrogen-bond acceptors (Lipinski definition) is 4. The molecular formula is C21H21O4P. The minimum Gasteiger partial charge on any atom is -0.497 e. The summed E-state index contributed by atoms with van der Waals surface area (Å²) in [7, 11) is 0.146. The van der Waals surface area contributed by atoms with Crippen molar-refractivity contribution in [3.05, 3.63) is 78.4 Å². The van der Waals surface area contributed by atoms with Gasteiger partial charge in [0.2, 0.25) is 0 Å². The minimum atomic E-state index is -3.06. The zero-order valence-electron chi connectivity index (χ0n) is 14.8. The lowest BCUT2D eigenvalue weighted by molar-refractivity contribution is 0.282. The Kier molecular flexibility index (Phi) is 5.46. The van der Waals surface area contributed by atoms with E-state index in [0.717, 1.165) is 16.2 Å². The predicted octanol–water partition coefficient (Wildman–Crippen LogP) is 2.84. The fourth-order valence-electron chi connectivity index (χ4n) is 2.84. The molecule has 0 heterocycles. The Balaban J connectivity index is 2.16. The fourth-order valence-corrected chi connectivity index (χ4v) is 5.44. The SMILES string of the molecule is COc1ccc(P(=O)(c2ccc(CO)cc2)c2ccc(OC)cc2)cc1. The highest BCUT2D eigenvalue weighted by Crippen LogP contribution is 2.43. The van der Waals surface area contributed by atoms with Crippen molar-refractivity contribution in [1.29, 1.82) is 0 Å². The topological polar surface area (TPSA) is 55.8 Å². The van der Waals surface area contributed by atoms with Crippen LogP contribution in [0.1, 0.15) is 5.56 Å². The molecule has 0 atom stereocenters. The number of ether oxygens (including phenoxy) is 2. The van der Waals surface area contributed by atoms with Crippen LogP contribution in [0, 0.1) is 0 Å². The second-order valence-corrected chi connectivity index (χ2v) is 8.60. The summed E-state index contributed by atoms with van der Waals surface area (Å²) < 4.78 is 24.7. The number of hydrogen-bond donors (Lipinski definition) is 1. The summed E-state index contributed by atoms with van der Waals surface area (Å²) in [4.78, 5) is 0. The summed E-state index contributed by atoms with van der Waals surface area (Å²) in [6, 6.07) is 21.8. The van der Waals surface area contributed by atoms with Crippen LogP contribution in [0.2, 0.25) is 0 Å². The van der Waals surface area contributed by atoms with Gasteiger partial charge in [-0.15, -0.1) is 0 Å². The molecule has 0 aromatic heterocycles. The van der Waals surface area contributed by atoms with Crippen LogP contribution in [0.3, 0.4) is 0 Å². The van der Waals surface area contributed by atoms with E-state index in [1.54, 1.807) is 26.4 Å². The van der Waals surface area contributed by atoms with Gasteiger partial charge in [-0.05, 0) is 54.1 Å². The van der Waals surface area contributed by atoms with E-state index in [0.29, 0.717) is 16.8 Å². The van der Waals surface area contributed by atoms with Gasteiger partial charge in [-0.1, -0.05) is 24.3 Å². The Morgan fingerprint density at radius 1 is 0.692 bits per heavy atom. The maximum absolute atomic E-state index is 14.3. The summed E-state index contributed by atoms with van der Waals surface area (Å²) in [5.41, 5.74) is 0.782. The number of methoxy groups -OCH3 is 2. The van der Waals surface area contributed by atoms with Crippen molar-refractivity contribution in [1.82, 2.24) is 0 Å². The molecular weight excluding hydrogens is 347 g/mol. The molecule has 0 bridgehead atoms. The monoisotopic (exact) mass is 368 g/mol. The molecule has 4 nitrogen and oxygen atoms in total. The largest absolute Gasteiger partial charge is 0.497 e. The van der Waals surface area contributed by atoms with Crippen LogP contribution in [0.15, 0.2) is 72.8 Å². The molecule has 0 amide bonds. The van der Waals surface area contributed by atoms with Gasteiger partial charge in [0, 0.05) is 15.9 Å². The summed E-state index contributed by atoms with van der Waals surface area (Å²) in [5.74, 6) is 1.43. The average molecular weight is 368 g/mol. The zero-order chi connectivity index (χ0) is 18.6. The smallest absolute Gasteiger partial charge is 0.171 e. The molecule has 3 rings (SSSR count). The number of benzene rings is 3. The van der Waals surface area contributed by atoms with Crippen LogP contribution in [-0.2, 0) is 11.2 Å². The van der Waals surface area contributed by atoms with Gasteiger partial charge in [0.15, 0.2) is 7.14 Å². The van der Waals surface area contributed by atoms with E-state index in [1.165, 1.54) is 0 Å². The van der Waals surface area contributed by atoms with Crippen molar-refractivity contribution in [2.24, 2.45) is 0 Å². The molecule has 0 aliphatic rings. The fraction of sp³-hybridized carbons (Fsp3) is 0.143. The van der Waals surface area contributed by atoms with Gasteiger partial charge in [-0.2, -0.15) is 0 Å². The van der Waals surface area contributed by atoms with Crippen LogP contribution < -0.4 is 25.4 Å². The van der Waals surface area contributed by atoms with Gasteiger partial charge in [-0.25, -0.2) is 0 Å². The maximum Gasteiger partial charge on any atom is 0.171 e. The van der Waals surface area contributed by atoms with Gasteiger partial charge in [0.05, 0.1) is 20.8 Å². The normalized spacial score (nSPS) is 11.2. The first-order chi connectivity index (χ1) is 12.6. The van der Waals surface area contributed by atoms with E-state index in [2.05, 4.69) is 0 Å². The summed E-state index contributed by atoms with van der Waals surface area (Å²) in [5, 5.41) is 11.4. The molecule has 5 heteroatoms. The third kappa shape index (κ3) is 3.39. The molecule has 3 aromatic rings. The third-order valence-corrected chi connectivity index (χ3v) is 7.43. The summed E-state index contributed by atoms with van der Waals surface area (Å²) in [6.07, 6.45) is 0. The highest BCUT2D eigenvalue weighted by Gasteiger charge is 2.29. The molecule has 0 radical (unpaired) electrons. The Hall–Kier alpha value is -2.55. The van der Waals surface area contributed by atoms with Crippen LogP contribution in [-0.4, -0.2) is 19.3 Å². The van der Waals surface area contributed by atoms with Crippen molar-refractivity contribution >= 4 is 23.1 Å². The zero-order valence-corrected chi connectivity index (χ0v) is 15.6. The lowest BCUT2D eigenvalue weighted by atomic mass is 10.2. The number of rotatable bonds is 6. The van der Waals surface area contributed by atoms with Gasteiger partial charge in [0.25, 0.3) is 0 Å². The molecule has 0 saturated carbocycles. The number of aliphatic hydroxyl groups is 1.